The average Bonchev–Trinajstić information content (AvgIpc) is 2.98. The molecule has 5 aliphatic carbocycles. The monoisotopic (exact) mass is 412 g/mol. The summed E-state index contributed by atoms with van der Waals surface area (Å²) >= 11 is 0. The van der Waals surface area contributed by atoms with Crippen molar-refractivity contribution in [2.45, 2.75) is 104 Å². The van der Waals surface area contributed by atoms with Gasteiger partial charge in [0, 0.05) is 18.8 Å². The highest BCUT2D eigenvalue weighted by atomic mass is 16.5. The molecule has 0 amide bonds. The molecule has 8 atom stereocenters. The molecular weight excluding hydrogens is 372 g/mol. The second kappa shape index (κ2) is 6.94. The van der Waals surface area contributed by atoms with Crippen molar-refractivity contribution in [1.82, 2.24) is 0 Å². The molecule has 0 unspecified atom stereocenters. The van der Waals surface area contributed by atoms with Gasteiger partial charge in [0.25, 0.3) is 0 Å². The number of carbonyl (C=O) groups excluding carboxylic acids is 2. The maximum atomic E-state index is 13.2. The molecule has 3 heteroatoms. The van der Waals surface area contributed by atoms with E-state index in [1.54, 1.807) is 5.57 Å². The molecule has 0 aliphatic heterocycles. The Kier molecular flexibility index (Phi) is 4.80. The summed E-state index contributed by atoms with van der Waals surface area (Å²) in [5, 5.41) is 0. The minimum atomic E-state index is -0.144. The van der Waals surface area contributed by atoms with Crippen molar-refractivity contribution < 1.29 is 14.3 Å². The molecule has 0 spiro atoms. The standard InChI is InChI=1S/C27H40O3/c1-17(28)27-12-6-5-7-20(27)16-24-22-9-8-19-15-21(30-18(2)29)10-13-25(19,3)23(22)11-14-26(24,27)4/h8,20-24H,5-7,9-16H2,1-4H3/t20-,21+,22-,23+,24+,25+,26+,27+/m1/s1. The van der Waals surface area contributed by atoms with E-state index in [0.29, 0.717) is 17.6 Å². The largest absolute Gasteiger partial charge is 0.462 e. The van der Waals surface area contributed by atoms with E-state index in [4.69, 9.17) is 4.74 Å². The molecule has 166 valence electrons. The van der Waals surface area contributed by atoms with Gasteiger partial charge in [0.1, 0.15) is 11.9 Å². The van der Waals surface area contributed by atoms with Crippen LogP contribution in [-0.4, -0.2) is 17.9 Å². The van der Waals surface area contributed by atoms with Gasteiger partial charge in [0.15, 0.2) is 0 Å². The van der Waals surface area contributed by atoms with Crippen molar-refractivity contribution in [1.29, 1.82) is 0 Å². The first-order valence-electron chi connectivity index (χ1n) is 12.6. The van der Waals surface area contributed by atoms with Crippen LogP contribution >= 0.6 is 0 Å². The fourth-order valence-electron chi connectivity index (χ4n) is 9.76. The van der Waals surface area contributed by atoms with E-state index in [2.05, 4.69) is 19.9 Å². The first kappa shape index (κ1) is 20.8. The third kappa shape index (κ3) is 2.62. The third-order valence-electron chi connectivity index (χ3n) is 11.0. The molecule has 30 heavy (non-hydrogen) atoms. The molecule has 4 saturated carbocycles. The van der Waals surface area contributed by atoms with Crippen molar-refractivity contribution >= 4 is 11.8 Å². The predicted octanol–water partition coefficient (Wildman–Crippen LogP) is 6.26. The van der Waals surface area contributed by atoms with Gasteiger partial charge in [0.05, 0.1) is 0 Å². The molecule has 0 heterocycles. The van der Waals surface area contributed by atoms with E-state index < -0.39 is 0 Å². The number of hydrogen-bond donors (Lipinski definition) is 0. The van der Waals surface area contributed by atoms with Crippen LogP contribution in [0.2, 0.25) is 0 Å². The van der Waals surface area contributed by atoms with E-state index in [0.717, 1.165) is 37.5 Å². The van der Waals surface area contributed by atoms with Gasteiger partial charge in [-0.25, -0.2) is 0 Å². The van der Waals surface area contributed by atoms with E-state index in [1.807, 2.05) is 6.92 Å². The quantitative estimate of drug-likeness (QED) is 0.397. The number of ether oxygens (including phenoxy) is 1. The van der Waals surface area contributed by atoms with Gasteiger partial charge in [0.2, 0.25) is 0 Å². The summed E-state index contributed by atoms with van der Waals surface area (Å²) in [5.74, 6) is 3.13. The number of rotatable bonds is 2. The zero-order chi connectivity index (χ0) is 21.3. The Morgan fingerprint density at radius 1 is 1.00 bits per heavy atom. The molecule has 0 bridgehead atoms. The molecule has 0 radical (unpaired) electrons. The Hall–Kier alpha value is -1.12. The maximum absolute atomic E-state index is 13.2. The van der Waals surface area contributed by atoms with Gasteiger partial charge in [-0.3, -0.25) is 9.59 Å². The normalized spacial score (nSPS) is 49.7. The van der Waals surface area contributed by atoms with Gasteiger partial charge in [-0.2, -0.15) is 0 Å². The minimum absolute atomic E-state index is 0.0429. The van der Waals surface area contributed by atoms with Gasteiger partial charge in [-0.15, -0.1) is 0 Å². The molecule has 5 rings (SSSR count). The fourth-order valence-corrected chi connectivity index (χ4v) is 9.76. The second-order valence-electron chi connectivity index (χ2n) is 11.9. The molecule has 0 aromatic rings. The Bertz CT molecular complexity index is 783. The molecule has 3 nitrogen and oxygen atoms in total. The zero-order valence-corrected chi connectivity index (χ0v) is 19.5. The Labute approximate surface area is 182 Å². The minimum Gasteiger partial charge on any atom is -0.462 e. The SMILES string of the molecule is CC(=O)O[C@H]1CC[C@@]2(C)C(=CC[C@@H]3[C@@H]2CC[C@@]2(C)[C@H]3C[C@H]3CCCC[C@]32C(C)=O)C1. The van der Waals surface area contributed by atoms with Crippen molar-refractivity contribution in [3.05, 3.63) is 11.6 Å². The van der Waals surface area contributed by atoms with Crippen LogP contribution in [0.15, 0.2) is 11.6 Å². The number of Topliss-reactive ketones (excluding diaryl/α,β-unsaturated/α-hetero) is 1. The van der Waals surface area contributed by atoms with Crippen LogP contribution < -0.4 is 0 Å². The van der Waals surface area contributed by atoms with Crippen molar-refractivity contribution in [3.63, 3.8) is 0 Å². The van der Waals surface area contributed by atoms with E-state index in [-0.39, 0.29) is 28.3 Å². The number of esters is 1. The lowest BCUT2D eigenvalue weighted by Crippen LogP contribution is -2.55. The van der Waals surface area contributed by atoms with Crippen molar-refractivity contribution in [2.75, 3.05) is 0 Å². The van der Waals surface area contributed by atoms with Crippen LogP contribution in [-0.2, 0) is 14.3 Å². The van der Waals surface area contributed by atoms with E-state index in [1.165, 1.54) is 51.9 Å². The summed E-state index contributed by atoms with van der Waals surface area (Å²) in [6.07, 6.45) is 15.6. The molecule has 4 fully saturated rings. The molecule has 5 aliphatic rings. The highest BCUT2D eigenvalue weighted by Crippen LogP contribution is 2.73. The molecule has 0 saturated heterocycles. The molecule has 0 aromatic heterocycles. The second-order valence-corrected chi connectivity index (χ2v) is 11.9. The summed E-state index contributed by atoms with van der Waals surface area (Å²) in [6, 6.07) is 0. The van der Waals surface area contributed by atoms with Crippen LogP contribution in [0.4, 0.5) is 0 Å². The Balaban J connectivity index is 1.46. The summed E-state index contributed by atoms with van der Waals surface area (Å²) in [6.45, 7) is 8.46. The first-order valence-corrected chi connectivity index (χ1v) is 12.6. The van der Waals surface area contributed by atoms with Gasteiger partial charge in [-0.1, -0.05) is 38.3 Å². The highest BCUT2D eigenvalue weighted by molar-refractivity contribution is 5.84. The lowest BCUT2D eigenvalue weighted by Gasteiger charge is -2.60. The lowest BCUT2D eigenvalue weighted by atomic mass is 9.44. The molecule has 0 aromatic carbocycles. The van der Waals surface area contributed by atoms with E-state index in [9.17, 15) is 9.59 Å². The van der Waals surface area contributed by atoms with Crippen LogP contribution in [0.3, 0.4) is 0 Å². The molecular formula is C27H40O3. The summed E-state index contributed by atoms with van der Waals surface area (Å²) in [4.78, 5) is 24.7. The highest BCUT2D eigenvalue weighted by Gasteiger charge is 2.68. The predicted molar refractivity (Wildman–Crippen MR) is 118 cm³/mol. The topological polar surface area (TPSA) is 43.4 Å². The average molecular weight is 413 g/mol. The van der Waals surface area contributed by atoms with Crippen LogP contribution in [0.25, 0.3) is 0 Å². The maximum Gasteiger partial charge on any atom is 0.302 e. The number of allylic oxidation sites excluding steroid dienone is 1. The number of hydrogen-bond acceptors (Lipinski definition) is 3. The van der Waals surface area contributed by atoms with Gasteiger partial charge < -0.3 is 4.74 Å². The first-order chi connectivity index (χ1) is 14.2. The smallest absolute Gasteiger partial charge is 0.302 e. The van der Waals surface area contributed by atoms with Gasteiger partial charge in [-0.05, 0) is 92.8 Å². The lowest BCUT2D eigenvalue weighted by molar-refractivity contribution is -0.151. The Morgan fingerprint density at radius 3 is 2.53 bits per heavy atom. The number of ketones is 1. The molecule has 0 N–H and O–H groups in total. The van der Waals surface area contributed by atoms with Crippen LogP contribution in [0, 0.1) is 39.9 Å². The van der Waals surface area contributed by atoms with Gasteiger partial charge >= 0.3 is 5.97 Å². The summed E-state index contributed by atoms with van der Waals surface area (Å²) in [7, 11) is 0. The van der Waals surface area contributed by atoms with Crippen LogP contribution in [0.1, 0.15) is 98.3 Å². The van der Waals surface area contributed by atoms with E-state index >= 15 is 0 Å². The zero-order valence-electron chi connectivity index (χ0n) is 19.5. The Morgan fingerprint density at radius 2 is 1.80 bits per heavy atom. The number of fused-ring (bicyclic) bond motifs is 7. The summed E-state index contributed by atoms with van der Waals surface area (Å²) in [5.41, 5.74) is 1.97. The third-order valence-corrected chi connectivity index (χ3v) is 11.0. The fraction of sp³-hybridized carbons (Fsp3) is 0.852. The van der Waals surface area contributed by atoms with Crippen LogP contribution in [0.5, 0.6) is 0 Å². The number of carbonyl (C=O) groups is 2. The van der Waals surface area contributed by atoms with Crippen molar-refractivity contribution in [3.8, 4) is 0 Å². The summed E-state index contributed by atoms with van der Waals surface area (Å²) < 4.78 is 5.59. The van der Waals surface area contributed by atoms with Crippen molar-refractivity contribution in [2.24, 2.45) is 39.9 Å².